The van der Waals surface area contributed by atoms with Gasteiger partial charge in [-0.15, -0.1) is 0 Å². The van der Waals surface area contributed by atoms with Gasteiger partial charge in [0.1, 0.15) is 0 Å². The van der Waals surface area contributed by atoms with Crippen LogP contribution in [0.1, 0.15) is 0 Å². The topological polar surface area (TPSA) is 8.17 Å². The molecular weight excluding hydrogens is 845 g/mol. The summed E-state index contributed by atoms with van der Waals surface area (Å²) in [5, 5.41) is 7.54. The van der Waals surface area contributed by atoms with Gasteiger partial charge in [0.2, 0.25) is 0 Å². The van der Waals surface area contributed by atoms with E-state index >= 15 is 0 Å². The molecule has 0 N–H and O–H groups in total. The summed E-state index contributed by atoms with van der Waals surface area (Å²) in [5.41, 5.74) is 18.8. The third-order valence-corrected chi connectivity index (χ3v) is 14.0. The van der Waals surface area contributed by atoms with Crippen molar-refractivity contribution in [3.63, 3.8) is 0 Å². The van der Waals surface area contributed by atoms with Crippen molar-refractivity contribution in [1.29, 1.82) is 0 Å². The van der Waals surface area contributed by atoms with Crippen LogP contribution in [-0.4, -0.2) is 4.57 Å². The Morgan fingerprint density at radius 2 is 0.643 bits per heavy atom. The first-order valence-corrected chi connectivity index (χ1v) is 24.1. The van der Waals surface area contributed by atoms with Crippen molar-refractivity contribution in [3.05, 3.63) is 279 Å². The minimum absolute atomic E-state index is 1.08. The maximum Gasteiger partial charge on any atom is 0.0541 e. The second kappa shape index (κ2) is 17.4. The molecule has 2 heteroatoms. The summed E-state index contributed by atoms with van der Waals surface area (Å²) in [5.74, 6) is 0. The van der Waals surface area contributed by atoms with E-state index in [1.54, 1.807) is 0 Å². The normalized spacial score (nSPS) is 11.4. The number of rotatable bonds is 9. The number of fused-ring (bicyclic) bond motifs is 5. The van der Waals surface area contributed by atoms with Gasteiger partial charge in [-0.05, 0) is 144 Å². The molecule has 0 aliphatic rings. The van der Waals surface area contributed by atoms with Gasteiger partial charge in [0.15, 0.2) is 0 Å². The Balaban J connectivity index is 0.864. The third kappa shape index (κ3) is 7.31. The number of aromatic nitrogens is 1. The zero-order valence-corrected chi connectivity index (χ0v) is 38.5. The quantitative estimate of drug-likeness (QED) is 0.140. The van der Waals surface area contributed by atoms with E-state index in [9.17, 15) is 0 Å². The van der Waals surface area contributed by atoms with Crippen LogP contribution >= 0.6 is 0 Å². The predicted molar refractivity (Wildman–Crippen MR) is 298 cm³/mol. The van der Waals surface area contributed by atoms with Crippen molar-refractivity contribution in [2.45, 2.75) is 0 Å². The highest BCUT2D eigenvalue weighted by Crippen LogP contribution is 2.41. The van der Waals surface area contributed by atoms with Gasteiger partial charge in [-0.1, -0.05) is 212 Å². The molecule has 0 unspecified atom stereocenters. The van der Waals surface area contributed by atoms with E-state index in [0.29, 0.717) is 0 Å². The number of hydrogen-bond acceptors (Lipinski definition) is 1. The molecule has 0 spiro atoms. The van der Waals surface area contributed by atoms with Crippen LogP contribution in [0.4, 0.5) is 17.1 Å². The summed E-state index contributed by atoms with van der Waals surface area (Å²) in [6.45, 7) is 0. The largest absolute Gasteiger partial charge is 0.311 e. The lowest BCUT2D eigenvalue weighted by molar-refractivity contribution is 1.18. The number of benzene rings is 12. The van der Waals surface area contributed by atoms with Crippen LogP contribution < -0.4 is 4.90 Å². The van der Waals surface area contributed by atoms with E-state index in [-0.39, 0.29) is 0 Å². The van der Waals surface area contributed by atoms with Crippen molar-refractivity contribution < 1.29 is 0 Å². The summed E-state index contributed by atoms with van der Waals surface area (Å²) in [4.78, 5) is 2.37. The van der Waals surface area contributed by atoms with Crippen molar-refractivity contribution in [2.75, 3.05) is 4.90 Å². The molecule has 13 rings (SSSR count). The zero-order valence-electron chi connectivity index (χ0n) is 38.5. The van der Waals surface area contributed by atoms with Crippen molar-refractivity contribution in [3.8, 4) is 61.3 Å². The SMILES string of the molecule is c1ccc(-c2cccc3cccc(-c4ccc(N(c5ccc(-c6ccc(-n7c8ccccc8c8ccccc87)cc6)cc5)c5ccc(-c6cccc(-c7cccc8ccccc78)c6)cc5)cc4)c23)cc1. The van der Waals surface area contributed by atoms with E-state index in [1.807, 2.05) is 0 Å². The minimum atomic E-state index is 1.08. The van der Waals surface area contributed by atoms with Gasteiger partial charge in [-0.2, -0.15) is 0 Å². The standard InChI is InChI=1S/C68H46N2/c1-2-14-51(15-3-1)62-26-12-18-53-19-13-27-63(68(53)62)52-36-44-58(45-37-52)69(57-40-34-49(35-41-57)54-20-10-21-55(46-54)61-25-11-17-50-16-4-5-22-60(50)61)56-38-30-47(31-39-56)48-32-42-59(43-33-48)70-66-28-8-6-23-64(66)65-24-7-9-29-67(65)70/h1-46H. The maximum atomic E-state index is 2.37. The molecule has 2 nitrogen and oxygen atoms in total. The average molecular weight is 891 g/mol. The molecule has 13 aromatic rings. The van der Waals surface area contributed by atoms with Gasteiger partial charge in [0.05, 0.1) is 11.0 Å². The van der Waals surface area contributed by atoms with Crippen LogP contribution in [0.15, 0.2) is 279 Å². The van der Waals surface area contributed by atoms with Crippen molar-refractivity contribution >= 4 is 60.4 Å². The minimum Gasteiger partial charge on any atom is -0.311 e. The van der Waals surface area contributed by atoms with Crippen LogP contribution in [0, 0.1) is 0 Å². The van der Waals surface area contributed by atoms with Gasteiger partial charge in [-0.3, -0.25) is 0 Å². The molecule has 0 amide bonds. The Morgan fingerprint density at radius 3 is 1.24 bits per heavy atom. The summed E-state index contributed by atoms with van der Waals surface area (Å²) >= 11 is 0. The van der Waals surface area contributed by atoms with Gasteiger partial charge >= 0.3 is 0 Å². The van der Waals surface area contributed by atoms with E-state index < -0.39 is 0 Å². The molecule has 70 heavy (non-hydrogen) atoms. The van der Waals surface area contributed by atoms with Gasteiger partial charge < -0.3 is 9.47 Å². The van der Waals surface area contributed by atoms with Crippen LogP contribution in [-0.2, 0) is 0 Å². The number of para-hydroxylation sites is 2. The number of anilines is 3. The number of hydrogen-bond donors (Lipinski definition) is 0. The van der Waals surface area contributed by atoms with Crippen LogP contribution in [0.3, 0.4) is 0 Å². The second-order valence-corrected chi connectivity index (χ2v) is 18.1. The lowest BCUT2D eigenvalue weighted by Gasteiger charge is -2.26. The maximum absolute atomic E-state index is 2.37. The molecule has 0 atom stereocenters. The smallest absolute Gasteiger partial charge is 0.0541 e. The monoisotopic (exact) mass is 890 g/mol. The summed E-state index contributed by atoms with van der Waals surface area (Å²) in [6.07, 6.45) is 0. The Morgan fingerprint density at radius 1 is 0.243 bits per heavy atom. The first kappa shape index (κ1) is 41.0. The van der Waals surface area contributed by atoms with Gasteiger partial charge in [0, 0.05) is 33.5 Å². The van der Waals surface area contributed by atoms with E-state index in [0.717, 1.165) is 22.7 Å². The highest BCUT2D eigenvalue weighted by Gasteiger charge is 2.17. The lowest BCUT2D eigenvalue weighted by atomic mass is 9.91. The Labute approximate surface area is 408 Å². The van der Waals surface area contributed by atoms with E-state index in [2.05, 4.69) is 289 Å². The molecule has 1 heterocycles. The zero-order chi connectivity index (χ0) is 46.4. The highest BCUT2D eigenvalue weighted by atomic mass is 15.1. The summed E-state index contributed by atoms with van der Waals surface area (Å²) in [7, 11) is 0. The highest BCUT2D eigenvalue weighted by molar-refractivity contribution is 6.09. The fourth-order valence-electron chi connectivity index (χ4n) is 10.6. The van der Waals surface area contributed by atoms with Crippen LogP contribution in [0.5, 0.6) is 0 Å². The molecular formula is C68H46N2. The average Bonchev–Trinajstić information content (AvgIpc) is 3.78. The fraction of sp³-hybridized carbons (Fsp3) is 0. The molecule has 0 fully saturated rings. The number of nitrogens with zero attached hydrogens (tertiary/aromatic N) is 2. The predicted octanol–water partition coefficient (Wildman–Crippen LogP) is 18.9. The Hall–Kier alpha value is -9.24. The molecule has 0 aliphatic heterocycles. The first-order chi connectivity index (χ1) is 34.7. The van der Waals surface area contributed by atoms with Crippen LogP contribution in [0.25, 0.3) is 105 Å². The molecule has 0 aliphatic carbocycles. The third-order valence-electron chi connectivity index (χ3n) is 14.0. The van der Waals surface area contributed by atoms with Crippen LogP contribution in [0.2, 0.25) is 0 Å². The molecule has 12 aromatic carbocycles. The lowest BCUT2D eigenvalue weighted by Crippen LogP contribution is -2.09. The Bertz CT molecular complexity index is 3950. The van der Waals surface area contributed by atoms with Gasteiger partial charge in [0.25, 0.3) is 0 Å². The second-order valence-electron chi connectivity index (χ2n) is 18.1. The van der Waals surface area contributed by atoms with Crippen molar-refractivity contribution in [2.24, 2.45) is 0 Å². The van der Waals surface area contributed by atoms with E-state index in [4.69, 9.17) is 0 Å². The molecule has 0 bridgehead atoms. The molecule has 328 valence electrons. The van der Waals surface area contributed by atoms with E-state index in [1.165, 1.54) is 99.0 Å². The molecule has 0 saturated heterocycles. The molecule has 0 saturated carbocycles. The summed E-state index contributed by atoms with van der Waals surface area (Å²) in [6, 6.07) is 102. The molecule has 1 aromatic heterocycles. The fourth-order valence-corrected chi connectivity index (χ4v) is 10.6. The molecule has 0 radical (unpaired) electrons. The van der Waals surface area contributed by atoms with Gasteiger partial charge in [-0.25, -0.2) is 0 Å². The van der Waals surface area contributed by atoms with Crippen molar-refractivity contribution in [1.82, 2.24) is 4.57 Å². The summed E-state index contributed by atoms with van der Waals surface area (Å²) < 4.78 is 2.37. The Kier molecular flexibility index (Phi) is 10.2. The first-order valence-electron chi connectivity index (χ1n) is 24.1.